The van der Waals surface area contributed by atoms with Crippen molar-refractivity contribution in [3.8, 4) is 22.7 Å². The summed E-state index contributed by atoms with van der Waals surface area (Å²) >= 11 is 0. The van der Waals surface area contributed by atoms with Crippen LogP contribution >= 0.6 is 0 Å². The Labute approximate surface area is 193 Å². The fourth-order valence-corrected chi connectivity index (χ4v) is 3.40. The molecule has 0 unspecified atom stereocenters. The van der Waals surface area contributed by atoms with E-state index in [1.807, 2.05) is 85.9 Å². The molecule has 0 aliphatic carbocycles. The second kappa shape index (κ2) is 10.4. The maximum absolute atomic E-state index is 12.5. The van der Waals surface area contributed by atoms with Crippen molar-refractivity contribution in [2.75, 3.05) is 6.61 Å². The van der Waals surface area contributed by atoms with Crippen molar-refractivity contribution in [2.45, 2.75) is 20.3 Å². The topological polar surface area (TPSA) is 68.5 Å². The third-order valence-corrected chi connectivity index (χ3v) is 5.12. The van der Waals surface area contributed by atoms with Crippen LogP contribution in [0.15, 0.2) is 90.2 Å². The number of hydrazone groups is 1. The predicted molar refractivity (Wildman–Crippen MR) is 131 cm³/mol. The average Bonchev–Trinajstić information content (AvgIpc) is 3.28. The fraction of sp³-hybridized carbons (Fsp3) is 0.148. The maximum atomic E-state index is 12.5. The second-order valence-electron chi connectivity index (χ2n) is 7.60. The van der Waals surface area contributed by atoms with E-state index in [-0.39, 0.29) is 5.91 Å². The van der Waals surface area contributed by atoms with E-state index in [1.54, 1.807) is 17.0 Å². The van der Waals surface area contributed by atoms with E-state index in [1.165, 1.54) is 0 Å². The molecule has 0 atom stereocenters. The lowest BCUT2D eigenvalue weighted by Gasteiger charge is -2.05. The molecule has 1 heterocycles. The second-order valence-corrected chi connectivity index (χ2v) is 7.60. The number of aromatic nitrogens is 2. The molecule has 0 fully saturated rings. The molecular weight excluding hydrogens is 412 g/mol. The molecule has 0 saturated heterocycles. The first-order valence-electron chi connectivity index (χ1n) is 10.9. The van der Waals surface area contributed by atoms with Gasteiger partial charge in [-0.25, -0.2) is 10.1 Å². The van der Waals surface area contributed by atoms with Gasteiger partial charge in [-0.1, -0.05) is 43.3 Å². The number of aryl methyl sites for hydroxylation is 1. The van der Waals surface area contributed by atoms with Gasteiger partial charge in [0.25, 0.3) is 5.91 Å². The zero-order valence-corrected chi connectivity index (χ0v) is 18.7. The molecule has 1 aromatic heterocycles. The van der Waals surface area contributed by atoms with Gasteiger partial charge in [-0.2, -0.15) is 10.2 Å². The van der Waals surface area contributed by atoms with Gasteiger partial charge in [-0.05, 0) is 61.4 Å². The number of carbonyl (C=O) groups excluding carboxylic acids is 1. The van der Waals surface area contributed by atoms with Gasteiger partial charge < -0.3 is 4.74 Å². The standard InChI is InChI=1S/C27H26N4O2/c1-3-17-33-24-15-13-21(14-16-24)26-22(19-31(30-26)23-10-5-4-6-11-23)18-28-29-27(32)25-12-8-7-9-20(25)2/h4-16,18-19H,3,17H2,1-2H3,(H,29,32)/b28-18-. The molecule has 6 heteroatoms. The van der Waals surface area contributed by atoms with Crippen LogP contribution in [0.25, 0.3) is 16.9 Å². The molecule has 3 aromatic carbocycles. The van der Waals surface area contributed by atoms with Gasteiger partial charge in [-0.15, -0.1) is 0 Å². The van der Waals surface area contributed by atoms with Crippen molar-refractivity contribution < 1.29 is 9.53 Å². The summed E-state index contributed by atoms with van der Waals surface area (Å²) < 4.78 is 7.50. The number of nitrogens with zero attached hydrogens (tertiary/aromatic N) is 3. The minimum Gasteiger partial charge on any atom is -0.494 e. The zero-order valence-electron chi connectivity index (χ0n) is 18.7. The van der Waals surface area contributed by atoms with E-state index in [9.17, 15) is 4.79 Å². The molecular formula is C27H26N4O2. The minimum absolute atomic E-state index is 0.251. The lowest BCUT2D eigenvalue weighted by Crippen LogP contribution is -2.18. The summed E-state index contributed by atoms with van der Waals surface area (Å²) in [6, 6.07) is 25.1. The van der Waals surface area contributed by atoms with E-state index in [0.717, 1.165) is 40.2 Å². The zero-order chi connectivity index (χ0) is 23.0. The molecule has 1 amide bonds. The molecule has 4 aromatic rings. The fourth-order valence-electron chi connectivity index (χ4n) is 3.40. The number of amides is 1. The number of hydrogen-bond donors (Lipinski definition) is 1. The van der Waals surface area contributed by atoms with Gasteiger partial charge in [-0.3, -0.25) is 4.79 Å². The molecule has 0 aliphatic rings. The van der Waals surface area contributed by atoms with Crippen LogP contribution in [-0.2, 0) is 0 Å². The molecule has 1 N–H and O–H groups in total. The van der Waals surface area contributed by atoms with Gasteiger partial charge in [0.2, 0.25) is 0 Å². The van der Waals surface area contributed by atoms with Crippen molar-refractivity contribution in [1.29, 1.82) is 0 Å². The number of hydrogen-bond acceptors (Lipinski definition) is 4. The molecule has 4 rings (SSSR count). The van der Waals surface area contributed by atoms with E-state index in [0.29, 0.717) is 12.2 Å². The Balaban J connectivity index is 1.62. The van der Waals surface area contributed by atoms with Gasteiger partial charge >= 0.3 is 0 Å². The molecule has 33 heavy (non-hydrogen) atoms. The van der Waals surface area contributed by atoms with E-state index in [2.05, 4.69) is 17.5 Å². The van der Waals surface area contributed by atoms with Crippen molar-refractivity contribution >= 4 is 12.1 Å². The Morgan fingerprint density at radius 1 is 1.03 bits per heavy atom. The largest absolute Gasteiger partial charge is 0.494 e. The lowest BCUT2D eigenvalue weighted by atomic mass is 10.1. The summed E-state index contributed by atoms with van der Waals surface area (Å²) in [7, 11) is 0. The summed E-state index contributed by atoms with van der Waals surface area (Å²) in [5.74, 6) is 0.572. The number of benzene rings is 3. The quantitative estimate of drug-likeness (QED) is 0.296. The minimum atomic E-state index is -0.251. The third kappa shape index (κ3) is 5.36. The van der Waals surface area contributed by atoms with Crippen LogP contribution in [0.2, 0.25) is 0 Å². The van der Waals surface area contributed by atoms with Crippen molar-refractivity contribution in [3.63, 3.8) is 0 Å². The van der Waals surface area contributed by atoms with E-state index >= 15 is 0 Å². The van der Waals surface area contributed by atoms with Crippen LogP contribution < -0.4 is 10.2 Å². The molecule has 166 valence electrons. The molecule has 0 spiro atoms. The summed E-state index contributed by atoms with van der Waals surface area (Å²) in [4.78, 5) is 12.5. The molecule has 0 saturated carbocycles. The highest BCUT2D eigenvalue weighted by Crippen LogP contribution is 2.25. The first kappa shape index (κ1) is 22.0. The first-order valence-corrected chi connectivity index (χ1v) is 10.9. The highest BCUT2D eigenvalue weighted by molar-refractivity contribution is 5.96. The number of para-hydroxylation sites is 1. The van der Waals surface area contributed by atoms with Crippen LogP contribution in [0.3, 0.4) is 0 Å². The smallest absolute Gasteiger partial charge is 0.271 e. The molecule has 0 radical (unpaired) electrons. The normalized spacial score (nSPS) is 11.0. The Kier molecular flexibility index (Phi) is 6.95. The van der Waals surface area contributed by atoms with E-state index < -0.39 is 0 Å². The van der Waals surface area contributed by atoms with Crippen LogP contribution in [0.1, 0.15) is 34.8 Å². The van der Waals surface area contributed by atoms with Crippen molar-refractivity contribution in [1.82, 2.24) is 15.2 Å². The van der Waals surface area contributed by atoms with Gasteiger partial charge in [0.15, 0.2) is 0 Å². The monoisotopic (exact) mass is 438 g/mol. The Bertz CT molecular complexity index is 1240. The third-order valence-electron chi connectivity index (χ3n) is 5.12. The highest BCUT2D eigenvalue weighted by atomic mass is 16.5. The summed E-state index contributed by atoms with van der Waals surface area (Å²) in [6.45, 7) is 4.66. The van der Waals surface area contributed by atoms with Crippen LogP contribution in [0.4, 0.5) is 0 Å². The predicted octanol–water partition coefficient (Wildman–Crippen LogP) is 5.40. The number of carbonyl (C=O) groups is 1. The Morgan fingerprint density at radius 3 is 2.48 bits per heavy atom. The molecule has 0 bridgehead atoms. The molecule has 0 aliphatic heterocycles. The number of rotatable bonds is 8. The Hall–Kier alpha value is -4.19. The number of ether oxygens (including phenoxy) is 1. The van der Waals surface area contributed by atoms with E-state index in [4.69, 9.17) is 9.84 Å². The Morgan fingerprint density at radius 2 is 1.76 bits per heavy atom. The van der Waals surface area contributed by atoms with Crippen molar-refractivity contribution in [3.05, 3.63) is 102 Å². The van der Waals surface area contributed by atoms with Crippen molar-refractivity contribution in [2.24, 2.45) is 5.10 Å². The SMILES string of the molecule is CCCOc1ccc(-c2nn(-c3ccccc3)cc2/C=N\NC(=O)c2ccccc2C)cc1. The highest BCUT2D eigenvalue weighted by Gasteiger charge is 2.12. The maximum Gasteiger partial charge on any atom is 0.271 e. The average molecular weight is 439 g/mol. The van der Waals surface area contributed by atoms with Gasteiger partial charge in [0.1, 0.15) is 11.4 Å². The summed E-state index contributed by atoms with van der Waals surface area (Å²) in [5, 5.41) is 8.99. The lowest BCUT2D eigenvalue weighted by molar-refractivity contribution is 0.0954. The van der Waals surface area contributed by atoms with Crippen LogP contribution in [0, 0.1) is 6.92 Å². The molecule has 6 nitrogen and oxygen atoms in total. The number of nitrogens with one attached hydrogen (secondary N) is 1. The van der Waals surface area contributed by atoms with Gasteiger partial charge in [0, 0.05) is 22.9 Å². The van der Waals surface area contributed by atoms with Crippen LogP contribution in [0.5, 0.6) is 5.75 Å². The summed E-state index contributed by atoms with van der Waals surface area (Å²) in [6.07, 6.45) is 4.48. The first-order chi connectivity index (χ1) is 16.2. The van der Waals surface area contributed by atoms with Crippen LogP contribution in [-0.4, -0.2) is 28.5 Å². The van der Waals surface area contributed by atoms with Gasteiger partial charge in [0.05, 0.1) is 18.5 Å². The summed E-state index contributed by atoms with van der Waals surface area (Å²) in [5.41, 5.74) is 7.52.